The molecule has 2 nitrogen and oxygen atoms in total. The fraction of sp³-hybridized carbons (Fsp3) is 0.538. The maximum absolute atomic E-state index is 13.7. The normalized spacial score (nSPS) is 19.2. The van der Waals surface area contributed by atoms with Gasteiger partial charge in [0.15, 0.2) is 0 Å². The summed E-state index contributed by atoms with van der Waals surface area (Å²) < 4.78 is 19.0. The molecule has 4 heteroatoms. The summed E-state index contributed by atoms with van der Waals surface area (Å²) in [5, 5.41) is 10.1. The highest BCUT2D eigenvalue weighted by molar-refractivity contribution is 8.00. The molecule has 1 N–H and O–H groups in total. The molecule has 1 aromatic rings. The molecule has 0 aromatic heterocycles. The predicted octanol–water partition coefficient (Wildman–Crippen LogP) is 3.15. The molecule has 2 rings (SSSR count). The van der Waals surface area contributed by atoms with E-state index in [1.165, 1.54) is 6.07 Å². The number of rotatable bonds is 3. The number of halogens is 1. The molecule has 1 heterocycles. The number of aliphatic hydroxyl groups excluding tert-OH is 1. The van der Waals surface area contributed by atoms with E-state index in [1.54, 1.807) is 24.8 Å². The van der Waals surface area contributed by atoms with Gasteiger partial charge in [-0.05, 0) is 31.9 Å². The monoisotopic (exact) mass is 256 g/mol. The van der Waals surface area contributed by atoms with Gasteiger partial charge in [0.1, 0.15) is 5.82 Å². The molecule has 0 unspecified atom stereocenters. The fourth-order valence-electron chi connectivity index (χ4n) is 2.00. The molecular weight excluding hydrogens is 239 g/mol. The number of hydrogen-bond donors (Lipinski definition) is 1. The summed E-state index contributed by atoms with van der Waals surface area (Å²) in [5.74, 6) is -0.322. The Labute approximate surface area is 105 Å². The van der Waals surface area contributed by atoms with Gasteiger partial charge < -0.3 is 9.84 Å². The second-order valence-corrected chi connectivity index (χ2v) is 5.60. The van der Waals surface area contributed by atoms with Crippen molar-refractivity contribution in [3.63, 3.8) is 0 Å². The third kappa shape index (κ3) is 3.21. The lowest BCUT2D eigenvalue weighted by molar-refractivity contribution is 0.1000. The highest BCUT2D eigenvalue weighted by Gasteiger charge is 2.19. The summed E-state index contributed by atoms with van der Waals surface area (Å²) in [6, 6.07) is 4.98. The van der Waals surface area contributed by atoms with E-state index in [-0.39, 0.29) is 5.82 Å². The Bertz CT molecular complexity index is 376. The largest absolute Gasteiger partial charge is 0.389 e. The van der Waals surface area contributed by atoms with Gasteiger partial charge in [-0.25, -0.2) is 4.39 Å². The first-order valence-electron chi connectivity index (χ1n) is 5.89. The molecule has 1 atom stereocenters. The molecule has 1 aliphatic heterocycles. The Kier molecular flexibility index (Phi) is 4.42. The highest BCUT2D eigenvalue weighted by atomic mass is 32.2. The van der Waals surface area contributed by atoms with Crippen LogP contribution in [0.25, 0.3) is 0 Å². The number of benzene rings is 1. The Morgan fingerprint density at radius 3 is 2.76 bits per heavy atom. The van der Waals surface area contributed by atoms with Crippen LogP contribution in [-0.4, -0.2) is 23.6 Å². The van der Waals surface area contributed by atoms with Crippen molar-refractivity contribution in [2.75, 3.05) is 13.2 Å². The third-order valence-electron chi connectivity index (χ3n) is 2.89. The van der Waals surface area contributed by atoms with Crippen molar-refractivity contribution < 1.29 is 14.2 Å². The molecule has 0 bridgehead atoms. The first-order valence-corrected chi connectivity index (χ1v) is 6.77. The SMILES string of the molecule is C[C@@H](O)c1c(F)cccc1SC1CCOCC1. The minimum absolute atomic E-state index is 0.322. The second-order valence-electron chi connectivity index (χ2n) is 4.26. The van der Waals surface area contributed by atoms with Crippen LogP contribution in [0.5, 0.6) is 0 Å². The van der Waals surface area contributed by atoms with Gasteiger partial charge in [-0.2, -0.15) is 0 Å². The van der Waals surface area contributed by atoms with Crippen LogP contribution in [0, 0.1) is 5.82 Å². The molecule has 1 fully saturated rings. The zero-order valence-corrected chi connectivity index (χ0v) is 10.7. The van der Waals surface area contributed by atoms with Gasteiger partial charge in [-0.3, -0.25) is 0 Å². The van der Waals surface area contributed by atoms with Gasteiger partial charge in [0, 0.05) is 28.9 Å². The lowest BCUT2D eigenvalue weighted by Crippen LogP contribution is -2.17. The van der Waals surface area contributed by atoms with E-state index in [4.69, 9.17) is 4.74 Å². The Hall–Kier alpha value is -0.580. The van der Waals surface area contributed by atoms with Crippen LogP contribution in [0.1, 0.15) is 31.4 Å². The summed E-state index contributed by atoms with van der Waals surface area (Å²) in [4.78, 5) is 0.854. The average molecular weight is 256 g/mol. The fourth-order valence-corrected chi connectivity index (χ4v) is 3.34. The van der Waals surface area contributed by atoms with E-state index in [0.717, 1.165) is 31.0 Å². The number of ether oxygens (including phenoxy) is 1. The van der Waals surface area contributed by atoms with E-state index in [1.807, 2.05) is 6.07 Å². The van der Waals surface area contributed by atoms with Gasteiger partial charge in [-0.1, -0.05) is 6.07 Å². The van der Waals surface area contributed by atoms with Gasteiger partial charge in [0.05, 0.1) is 6.10 Å². The van der Waals surface area contributed by atoms with Crippen molar-refractivity contribution in [1.82, 2.24) is 0 Å². The standard InChI is InChI=1S/C13H17FO2S/c1-9(15)13-11(14)3-2-4-12(13)17-10-5-7-16-8-6-10/h2-4,9-10,15H,5-8H2,1H3/t9-/m1/s1. The Balaban J connectivity index is 2.16. The van der Waals surface area contributed by atoms with E-state index in [0.29, 0.717) is 10.8 Å². The van der Waals surface area contributed by atoms with Crippen LogP contribution in [0.4, 0.5) is 4.39 Å². The maximum atomic E-state index is 13.7. The summed E-state index contributed by atoms with van der Waals surface area (Å²) in [5.41, 5.74) is 0.420. The smallest absolute Gasteiger partial charge is 0.130 e. The van der Waals surface area contributed by atoms with Gasteiger partial charge in [0.2, 0.25) is 0 Å². The molecule has 17 heavy (non-hydrogen) atoms. The minimum atomic E-state index is -0.765. The number of thioether (sulfide) groups is 1. The molecular formula is C13H17FO2S. The third-order valence-corrected chi connectivity index (χ3v) is 4.31. The highest BCUT2D eigenvalue weighted by Crippen LogP contribution is 2.35. The molecule has 0 radical (unpaired) electrons. The summed E-state index contributed by atoms with van der Waals surface area (Å²) in [7, 11) is 0. The van der Waals surface area contributed by atoms with Crippen LogP contribution < -0.4 is 0 Å². The van der Waals surface area contributed by atoms with Crippen molar-refractivity contribution in [2.45, 2.75) is 36.0 Å². The van der Waals surface area contributed by atoms with Crippen LogP contribution in [0.2, 0.25) is 0 Å². The van der Waals surface area contributed by atoms with Crippen molar-refractivity contribution in [2.24, 2.45) is 0 Å². The number of hydrogen-bond acceptors (Lipinski definition) is 3. The average Bonchev–Trinajstić information content (AvgIpc) is 2.30. The zero-order valence-electron chi connectivity index (χ0n) is 9.86. The van der Waals surface area contributed by atoms with Gasteiger partial charge in [-0.15, -0.1) is 11.8 Å². The molecule has 0 saturated carbocycles. The Morgan fingerprint density at radius 2 is 2.12 bits per heavy atom. The lowest BCUT2D eigenvalue weighted by Gasteiger charge is -2.23. The maximum Gasteiger partial charge on any atom is 0.130 e. The van der Waals surface area contributed by atoms with Crippen molar-refractivity contribution in [1.29, 1.82) is 0 Å². The molecule has 0 amide bonds. The van der Waals surface area contributed by atoms with Crippen molar-refractivity contribution >= 4 is 11.8 Å². The minimum Gasteiger partial charge on any atom is -0.389 e. The van der Waals surface area contributed by atoms with Gasteiger partial charge in [0.25, 0.3) is 0 Å². The topological polar surface area (TPSA) is 29.5 Å². The van der Waals surface area contributed by atoms with Crippen molar-refractivity contribution in [3.05, 3.63) is 29.6 Å². The summed E-state index contributed by atoms with van der Waals surface area (Å²) in [6.07, 6.45) is 1.21. The molecule has 94 valence electrons. The Morgan fingerprint density at radius 1 is 1.41 bits per heavy atom. The second kappa shape index (κ2) is 5.85. The first kappa shape index (κ1) is 12.9. The molecule has 1 aliphatic rings. The number of aliphatic hydroxyl groups is 1. The molecule has 1 saturated heterocycles. The zero-order chi connectivity index (χ0) is 12.3. The summed E-state index contributed by atoms with van der Waals surface area (Å²) >= 11 is 1.65. The van der Waals surface area contributed by atoms with Gasteiger partial charge >= 0.3 is 0 Å². The van der Waals surface area contributed by atoms with Crippen LogP contribution >= 0.6 is 11.8 Å². The quantitative estimate of drug-likeness (QED) is 0.901. The van der Waals surface area contributed by atoms with Crippen molar-refractivity contribution in [3.8, 4) is 0 Å². The molecule has 0 spiro atoms. The lowest BCUT2D eigenvalue weighted by atomic mass is 10.1. The predicted molar refractivity (Wildman–Crippen MR) is 66.7 cm³/mol. The van der Waals surface area contributed by atoms with Crippen LogP contribution in [0.15, 0.2) is 23.1 Å². The van der Waals surface area contributed by atoms with E-state index in [2.05, 4.69) is 0 Å². The summed E-state index contributed by atoms with van der Waals surface area (Å²) in [6.45, 7) is 3.15. The van der Waals surface area contributed by atoms with E-state index in [9.17, 15) is 9.50 Å². The van der Waals surface area contributed by atoms with E-state index >= 15 is 0 Å². The van der Waals surface area contributed by atoms with Crippen LogP contribution in [-0.2, 0) is 4.74 Å². The molecule has 0 aliphatic carbocycles. The molecule has 1 aromatic carbocycles. The van der Waals surface area contributed by atoms with Crippen LogP contribution in [0.3, 0.4) is 0 Å². The first-order chi connectivity index (χ1) is 8.18. The van der Waals surface area contributed by atoms with E-state index < -0.39 is 6.10 Å².